The van der Waals surface area contributed by atoms with E-state index in [2.05, 4.69) is 9.88 Å². The molecule has 0 atom stereocenters. The zero-order valence-electron chi connectivity index (χ0n) is 10.8. The Bertz CT molecular complexity index is 459. The number of anilines is 1. The third-order valence-corrected chi connectivity index (χ3v) is 3.51. The minimum atomic E-state index is -1.10. The minimum absolute atomic E-state index is 0.0916. The van der Waals surface area contributed by atoms with E-state index in [9.17, 15) is 4.79 Å². The van der Waals surface area contributed by atoms with Crippen molar-refractivity contribution in [3.8, 4) is 0 Å². The van der Waals surface area contributed by atoms with Gasteiger partial charge in [0.05, 0.1) is 11.1 Å². The number of aromatic nitrogens is 1. The summed E-state index contributed by atoms with van der Waals surface area (Å²) >= 11 is 5.81. The van der Waals surface area contributed by atoms with Gasteiger partial charge in [0.15, 0.2) is 5.69 Å². The summed E-state index contributed by atoms with van der Waals surface area (Å²) in [5.74, 6) is -0.437. The second kappa shape index (κ2) is 6.21. The quantitative estimate of drug-likeness (QED) is 0.920. The topological polar surface area (TPSA) is 62.7 Å². The van der Waals surface area contributed by atoms with Crippen molar-refractivity contribution in [2.45, 2.75) is 25.9 Å². The molecule has 6 heteroatoms. The molecule has 0 unspecified atom stereocenters. The Morgan fingerprint density at radius 2 is 2.21 bits per heavy atom. The highest BCUT2D eigenvalue weighted by molar-refractivity contribution is 6.33. The molecule has 0 amide bonds. The fourth-order valence-electron chi connectivity index (χ4n) is 2.25. The van der Waals surface area contributed by atoms with Crippen molar-refractivity contribution < 1.29 is 14.6 Å². The predicted octanol–water partition coefficient (Wildman–Crippen LogP) is 2.44. The molecule has 1 aliphatic rings. The SMILES string of the molecule is CCOC1CCN(c2ccc(Cl)c(C(=O)O)n2)CC1. The lowest BCUT2D eigenvalue weighted by molar-refractivity contribution is 0.0458. The molecule has 0 aromatic carbocycles. The van der Waals surface area contributed by atoms with Gasteiger partial charge in [0.2, 0.25) is 0 Å². The molecule has 1 aliphatic heterocycles. The highest BCUT2D eigenvalue weighted by atomic mass is 35.5. The number of aromatic carboxylic acids is 1. The van der Waals surface area contributed by atoms with Crippen LogP contribution in [0.1, 0.15) is 30.3 Å². The molecule has 0 saturated carbocycles. The smallest absolute Gasteiger partial charge is 0.356 e. The van der Waals surface area contributed by atoms with Gasteiger partial charge in [0, 0.05) is 19.7 Å². The van der Waals surface area contributed by atoms with Crippen LogP contribution >= 0.6 is 11.6 Å². The number of carboxylic acids is 1. The summed E-state index contributed by atoms with van der Waals surface area (Å²) in [6.45, 7) is 4.36. The third-order valence-electron chi connectivity index (χ3n) is 3.20. The number of rotatable bonds is 4. The van der Waals surface area contributed by atoms with Crippen LogP contribution in [0.2, 0.25) is 5.02 Å². The van der Waals surface area contributed by atoms with E-state index < -0.39 is 5.97 Å². The number of nitrogens with zero attached hydrogens (tertiary/aromatic N) is 2. The van der Waals surface area contributed by atoms with Crippen LogP contribution in [0.4, 0.5) is 5.82 Å². The predicted molar refractivity (Wildman–Crippen MR) is 73.1 cm³/mol. The minimum Gasteiger partial charge on any atom is -0.476 e. The summed E-state index contributed by atoms with van der Waals surface area (Å²) in [6, 6.07) is 3.34. The molecular weight excluding hydrogens is 268 g/mol. The number of piperidine rings is 1. The maximum absolute atomic E-state index is 11.0. The second-order valence-corrected chi connectivity index (χ2v) is 4.85. The van der Waals surface area contributed by atoms with E-state index in [1.54, 1.807) is 12.1 Å². The molecule has 1 aromatic heterocycles. The summed E-state index contributed by atoms with van der Waals surface area (Å²) in [7, 11) is 0. The van der Waals surface area contributed by atoms with Crippen molar-refractivity contribution in [1.82, 2.24) is 4.98 Å². The maximum Gasteiger partial charge on any atom is 0.356 e. The van der Waals surface area contributed by atoms with Crippen molar-refractivity contribution in [2.75, 3.05) is 24.6 Å². The fraction of sp³-hybridized carbons (Fsp3) is 0.538. The average molecular weight is 285 g/mol. The first kappa shape index (κ1) is 14.1. The zero-order valence-corrected chi connectivity index (χ0v) is 11.6. The zero-order chi connectivity index (χ0) is 13.8. The Morgan fingerprint density at radius 1 is 1.53 bits per heavy atom. The molecule has 0 spiro atoms. The van der Waals surface area contributed by atoms with Crippen molar-refractivity contribution in [2.24, 2.45) is 0 Å². The van der Waals surface area contributed by atoms with Crippen molar-refractivity contribution >= 4 is 23.4 Å². The molecule has 1 aromatic rings. The summed E-state index contributed by atoms with van der Waals surface area (Å²) in [4.78, 5) is 17.2. The van der Waals surface area contributed by atoms with Crippen LogP contribution in [-0.4, -0.2) is 41.9 Å². The number of ether oxygens (including phenoxy) is 1. The fourth-order valence-corrected chi connectivity index (χ4v) is 2.43. The number of halogens is 1. The van der Waals surface area contributed by atoms with E-state index in [1.165, 1.54) is 0 Å². The molecule has 1 N–H and O–H groups in total. The first-order chi connectivity index (χ1) is 9.11. The third kappa shape index (κ3) is 3.36. The van der Waals surface area contributed by atoms with Gasteiger partial charge >= 0.3 is 5.97 Å². The van der Waals surface area contributed by atoms with Crippen LogP contribution in [-0.2, 0) is 4.74 Å². The standard InChI is InChI=1S/C13H17ClN2O3/c1-2-19-9-5-7-16(8-6-9)11-4-3-10(14)12(15-11)13(17)18/h3-4,9H,2,5-8H2,1H3,(H,17,18). The molecule has 104 valence electrons. The number of carboxylic acid groups (broad SMARTS) is 1. The summed E-state index contributed by atoms with van der Waals surface area (Å²) in [5.41, 5.74) is -0.0916. The Labute approximate surface area is 117 Å². The highest BCUT2D eigenvalue weighted by Crippen LogP contribution is 2.23. The highest BCUT2D eigenvalue weighted by Gasteiger charge is 2.21. The molecule has 0 bridgehead atoms. The largest absolute Gasteiger partial charge is 0.476 e. The number of carbonyl (C=O) groups is 1. The van der Waals surface area contributed by atoms with Crippen LogP contribution in [0, 0.1) is 0 Å². The maximum atomic E-state index is 11.0. The van der Waals surface area contributed by atoms with Crippen LogP contribution in [0.5, 0.6) is 0 Å². The first-order valence-electron chi connectivity index (χ1n) is 6.38. The van der Waals surface area contributed by atoms with Gasteiger partial charge in [-0.1, -0.05) is 11.6 Å². The van der Waals surface area contributed by atoms with Gasteiger partial charge in [0.1, 0.15) is 5.82 Å². The summed E-state index contributed by atoms with van der Waals surface area (Å²) in [5, 5.41) is 9.18. The molecule has 2 heterocycles. The van der Waals surface area contributed by atoms with Crippen LogP contribution in [0.25, 0.3) is 0 Å². The molecule has 5 nitrogen and oxygen atoms in total. The van der Waals surface area contributed by atoms with E-state index in [1.807, 2.05) is 6.92 Å². The molecular formula is C13H17ClN2O3. The molecule has 0 radical (unpaired) electrons. The van der Waals surface area contributed by atoms with Crippen LogP contribution in [0.3, 0.4) is 0 Å². The first-order valence-corrected chi connectivity index (χ1v) is 6.76. The van der Waals surface area contributed by atoms with Crippen molar-refractivity contribution in [3.63, 3.8) is 0 Å². The summed E-state index contributed by atoms with van der Waals surface area (Å²) in [6.07, 6.45) is 2.16. The van der Waals surface area contributed by atoms with Crippen LogP contribution in [0.15, 0.2) is 12.1 Å². The Hall–Kier alpha value is -1.33. The summed E-state index contributed by atoms with van der Waals surface area (Å²) < 4.78 is 5.59. The van der Waals surface area contributed by atoms with Gasteiger partial charge < -0.3 is 14.7 Å². The lowest BCUT2D eigenvalue weighted by atomic mass is 10.1. The molecule has 0 aliphatic carbocycles. The normalized spacial score (nSPS) is 16.6. The van der Waals surface area contributed by atoms with Crippen molar-refractivity contribution in [1.29, 1.82) is 0 Å². The van der Waals surface area contributed by atoms with E-state index in [4.69, 9.17) is 21.4 Å². The molecule has 2 rings (SSSR count). The van der Waals surface area contributed by atoms with Gasteiger partial charge in [-0.05, 0) is 31.9 Å². The number of hydrogen-bond donors (Lipinski definition) is 1. The number of hydrogen-bond acceptors (Lipinski definition) is 4. The van der Waals surface area contributed by atoms with Gasteiger partial charge in [0.25, 0.3) is 0 Å². The monoisotopic (exact) mass is 284 g/mol. The van der Waals surface area contributed by atoms with Gasteiger partial charge in [-0.3, -0.25) is 0 Å². The lowest BCUT2D eigenvalue weighted by Crippen LogP contribution is -2.37. The van der Waals surface area contributed by atoms with Crippen molar-refractivity contribution in [3.05, 3.63) is 22.8 Å². The average Bonchev–Trinajstić information content (AvgIpc) is 2.40. The molecule has 1 fully saturated rings. The molecule has 19 heavy (non-hydrogen) atoms. The van der Waals surface area contributed by atoms with E-state index in [0.717, 1.165) is 32.5 Å². The van der Waals surface area contributed by atoms with Gasteiger partial charge in [-0.15, -0.1) is 0 Å². The Kier molecular flexibility index (Phi) is 4.61. The van der Waals surface area contributed by atoms with E-state index >= 15 is 0 Å². The van der Waals surface area contributed by atoms with E-state index in [0.29, 0.717) is 11.9 Å². The Balaban J connectivity index is 2.07. The van der Waals surface area contributed by atoms with Gasteiger partial charge in [-0.2, -0.15) is 0 Å². The molecule has 1 saturated heterocycles. The second-order valence-electron chi connectivity index (χ2n) is 4.45. The van der Waals surface area contributed by atoms with Crippen LogP contribution < -0.4 is 4.90 Å². The Morgan fingerprint density at radius 3 is 2.79 bits per heavy atom. The van der Waals surface area contributed by atoms with E-state index in [-0.39, 0.29) is 10.7 Å². The number of pyridine rings is 1. The van der Waals surface area contributed by atoms with Gasteiger partial charge in [-0.25, -0.2) is 9.78 Å². The lowest BCUT2D eigenvalue weighted by Gasteiger charge is -2.32.